The van der Waals surface area contributed by atoms with Crippen LogP contribution in [0.1, 0.15) is 17.3 Å². The van der Waals surface area contributed by atoms with Crippen molar-refractivity contribution in [2.45, 2.75) is 6.92 Å². The molecule has 1 heterocycles. The fourth-order valence-electron chi connectivity index (χ4n) is 2.42. The van der Waals surface area contributed by atoms with Crippen molar-refractivity contribution in [2.75, 3.05) is 22.6 Å². The van der Waals surface area contributed by atoms with Crippen LogP contribution in [0.2, 0.25) is 0 Å². The molecule has 0 atom stereocenters. The van der Waals surface area contributed by atoms with E-state index in [1.807, 2.05) is 42.3 Å². The Labute approximate surface area is 157 Å². The van der Waals surface area contributed by atoms with Crippen molar-refractivity contribution in [1.29, 1.82) is 0 Å². The maximum atomic E-state index is 12.4. The van der Waals surface area contributed by atoms with E-state index in [0.717, 1.165) is 5.69 Å². The summed E-state index contributed by atoms with van der Waals surface area (Å²) in [5.41, 5.74) is 2.58. The number of anilines is 4. The zero-order valence-electron chi connectivity index (χ0n) is 15.0. The first-order valence-electron chi connectivity index (χ1n) is 8.33. The third-order valence-corrected chi connectivity index (χ3v) is 3.81. The largest absolute Gasteiger partial charge is 0.326 e. The predicted molar refractivity (Wildman–Crippen MR) is 105 cm³/mol. The van der Waals surface area contributed by atoms with Crippen molar-refractivity contribution in [3.8, 4) is 0 Å². The van der Waals surface area contributed by atoms with Crippen molar-refractivity contribution in [1.82, 2.24) is 9.97 Å². The lowest BCUT2D eigenvalue weighted by atomic mass is 10.2. The van der Waals surface area contributed by atoms with Gasteiger partial charge in [-0.2, -0.15) is 0 Å². The minimum Gasteiger partial charge on any atom is -0.326 e. The monoisotopic (exact) mass is 361 g/mol. The quantitative estimate of drug-likeness (QED) is 0.727. The van der Waals surface area contributed by atoms with Crippen LogP contribution in [0.5, 0.6) is 0 Å². The normalized spacial score (nSPS) is 10.1. The number of para-hydroxylation sites is 1. The summed E-state index contributed by atoms with van der Waals surface area (Å²) in [6.45, 7) is 1.44. The number of carbonyl (C=O) groups is 2. The second-order valence-electron chi connectivity index (χ2n) is 5.88. The average molecular weight is 361 g/mol. The second-order valence-corrected chi connectivity index (χ2v) is 5.88. The Morgan fingerprint density at radius 1 is 0.852 bits per heavy atom. The number of hydrogen-bond acceptors (Lipinski definition) is 5. The molecule has 0 unspecified atom stereocenters. The molecule has 0 saturated carbocycles. The van der Waals surface area contributed by atoms with Gasteiger partial charge in [0.05, 0.1) is 5.56 Å². The van der Waals surface area contributed by atoms with Crippen molar-refractivity contribution in [2.24, 2.45) is 0 Å². The summed E-state index contributed by atoms with van der Waals surface area (Å²) in [5, 5.41) is 5.44. The topological polar surface area (TPSA) is 87.2 Å². The number of benzene rings is 2. The maximum Gasteiger partial charge on any atom is 0.258 e. The summed E-state index contributed by atoms with van der Waals surface area (Å²) in [6, 6.07) is 16.6. The molecule has 136 valence electrons. The van der Waals surface area contributed by atoms with Gasteiger partial charge in [0, 0.05) is 43.4 Å². The first-order valence-corrected chi connectivity index (χ1v) is 8.33. The molecular weight excluding hydrogens is 342 g/mol. The molecule has 27 heavy (non-hydrogen) atoms. The van der Waals surface area contributed by atoms with E-state index in [0.29, 0.717) is 22.9 Å². The predicted octanol–water partition coefficient (Wildman–Crippen LogP) is 3.46. The third-order valence-electron chi connectivity index (χ3n) is 3.81. The van der Waals surface area contributed by atoms with E-state index >= 15 is 0 Å². The number of carbonyl (C=O) groups excluding carboxylic acids is 2. The highest BCUT2D eigenvalue weighted by atomic mass is 16.2. The Hall–Kier alpha value is -3.74. The minimum atomic E-state index is -0.309. The van der Waals surface area contributed by atoms with Crippen LogP contribution in [0.3, 0.4) is 0 Å². The molecule has 0 aliphatic heterocycles. The Bertz CT molecular complexity index is 925. The highest BCUT2D eigenvalue weighted by Crippen LogP contribution is 2.19. The van der Waals surface area contributed by atoms with Gasteiger partial charge in [-0.3, -0.25) is 9.59 Å². The SMILES string of the molecule is CC(=O)Nc1ccc(NC(=O)c2cnc(N(C)c3ccccc3)nc2)cc1. The van der Waals surface area contributed by atoms with Crippen LogP contribution in [0, 0.1) is 0 Å². The number of amides is 2. The second kappa shape index (κ2) is 8.09. The standard InChI is InChI=1S/C20H19N5O2/c1-14(26)23-16-8-10-17(11-9-16)24-19(27)15-12-21-20(22-13-15)25(2)18-6-4-3-5-7-18/h3-13H,1-2H3,(H,23,26)(H,24,27). The van der Waals surface area contributed by atoms with E-state index < -0.39 is 0 Å². The van der Waals surface area contributed by atoms with E-state index in [1.165, 1.54) is 19.3 Å². The molecule has 2 aromatic carbocycles. The molecule has 7 heteroatoms. The molecule has 0 saturated heterocycles. The molecule has 0 fully saturated rings. The van der Waals surface area contributed by atoms with Crippen molar-refractivity contribution >= 4 is 34.8 Å². The van der Waals surface area contributed by atoms with E-state index in [9.17, 15) is 9.59 Å². The highest BCUT2D eigenvalue weighted by Gasteiger charge is 2.11. The molecule has 2 amide bonds. The summed E-state index contributed by atoms with van der Waals surface area (Å²) < 4.78 is 0. The van der Waals surface area contributed by atoms with Gasteiger partial charge in [-0.1, -0.05) is 18.2 Å². The lowest BCUT2D eigenvalue weighted by molar-refractivity contribution is -0.114. The lowest BCUT2D eigenvalue weighted by Gasteiger charge is -2.16. The van der Waals surface area contributed by atoms with Gasteiger partial charge in [0.15, 0.2) is 0 Å². The molecule has 0 aliphatic carbocycles. The number of hydrogen-bond donors (Lipinski definition) is 2. The fraction of sp³-hybridized carbons (Fsp3) is 0.100. The van der Waals surface area contributed by atoms with Crippen molar-refractivity contribution < 1.29 is 9.59 Å². The van der Waals surface area contributed by atoms with Crippen LogP contribution >= 0.6 is 0 Å². The van der Waals surface area contributed by atoms with Crippen LogP contribution in [0.15, 0.2) is 67.0 Å². The zero-order chi connectivity index (χ0) is 19.2. The Kier molecular flexibility index (Phi) is 5.41. The molecule has 7 nitrogen and oxygen atoms in total. The van der Waals surface area contributed by atoms with Gasteiger partial charge in [0.1, 0.15) is 0 Å². The maximum absolute atomic E-state index is 12.4. The molecule has 0 bridgehead atoms. The Balaban J connectivity index is 1.66. The molecule has 3 rings (SSSR count). The fourth-order valence-corrected chi connectivity index (χ4v) is 2.42. The van der Waals surface area contributed by atoms with Crippen LogP contribution in [0.25, 0.3) is 0 Å². The summed E-state index contributed by atoms with van der Waals surface area (Å²) in [7, 11) is 1.86. The molecule has 3 aromatic rings. The van der Waals surface area contributed by atoms with Gasteiger partial charge >= 0.3 is 0 Å². The minimum absolute atomic E-state index is 0.149. The number of nitrogens with one attached hydrogen (secondary N) is 2. The summed E-state index contributed by atoms with van der Waals surface area (Å²) >= 11 is 0. The zero-order valence-corrected chi connectivity index (χ0v) is 15.0. The first kappa shape index (κ1) is 18.1. The lowest BCUT2D eigenvalue weighted by Crippen LogP contribution is -2.16. The molecular formula is C20H19N5O2. The van der Waals surface area contributed by atoms with Gasteiger partial charge < -0.3 is 15.5 Å². The van der Waals surface area contributed by atoms with Crippen molar-refractivity contribution in [3.63, 3.8) is 0 Å². The number of nitrogens with zero attached hydrogens (tertiary/aromatic N) is 3. The molecule has 0 aliphatic rings. The van der Waals surface area contributed by atoms with Gasteiger partial charge in [-0.05, 0) is 36.4 Å². The van der Waals surface area contributed by atoms with Gasteiger partial charge in [0.25, 0.3) is 5.91 Å². The van der Waals surface area contributed by atoms with E-state index in [2.05, 4.69) is 20.6 Å². The Morgan fingerprint density at radius 3 is 1.96 bits per heavy atom. The summed E-state index contributed by atoms with van der Waals surface area (Å²) in [5.74, 6) is 0.0399. The summed E-state index contributed by atoms with van der Waals surface area (Å²) in [4.78, 5) is 33.8. The summed E-state index contributed by atoms with van der Waals surface area (Å²) in [6.07, 6.45) is 2.98. The van der Waals surface area contributed by atoms with Gasteiger partial charge in [0.2, 0.25) is 11.9 Å². The highest BCUT2D eigenvalue weighted by molar-refractivity contribution is 6.04. The molecule has 0 spiro atoms. The molecule has 2 N–H and O–H groups in total. The van der Waals surface area contributed by atoms with Gasteiger partial charge in [-0.15, -0.1) is 0 Å². The third kappa shape index (κ3) is 4.66. The van der Waals surface area contributed by atoms with Crippen LogP contribution in [0.4, 0.5) is 23.0 Å². The average Bonchev–Trinajstić information content (AvgIpc) is 2.69. The first-order chi connectivity index (χ1) is 13.0. The van der Waals surface area contributed by atoms with Gasteiger partial charge in [-0.25, -0.2) is 9.97 Å². The Morgan fingerprint density at radius 2 is 1.41 bits per heavy atom. The van der Waals surface area contributed by atoms with Crippen molar-refractivity contribution in [3.05, 3.63) is 72.6 Å². The molecule has 1 aromatic heterocycles. The smallest absolute Gasteiger partial charge is 0.258 e. The van der Waals surface area contributed by atoms with E-state index in [-0.39, 0.29) is 11.8 Å². The number of aromatic nitrogens is 2. The van der Waals surface area contributed by atoms with Crippen LogP contribution < -0.4 is 15.5 Å². The number of rotatable bonds is 5. The van der Waals surface area contributed by atoms with Crippen LogP contribution in [-0.2, 0) is 4.79 Å². The van der Waals surface area contributed by atoms with E-state index in [4.69, 9.17) is 0 Å². The van der Waals surface area contributed by atoms with E-state index in [1.54, 1.807) is 24.3 Å². The molecule has 0 radical (unpaired) electrons. The van der Waals surface area contributed by atoms with Crippen LogP contribution in [-0.4, -0.2) is 28.8 Å².